The number of carbonyl (C=O) groups is 2. The molecule has 144 valence electrons. The Kier molecular flexibility index (Phi) is 7.43. The largest absolute Gasteiger partial charge is 0.352 e. The first-order valence-corrected chi connectivity index (χ1v) is 9.54. The van der Waals surface area contributed by atoms with Crippen molar-refractivity contribution in [2.45, 2.75) is 52.7 Å². The summed E-state index contributed by atoms with van der Waals surface area (Å²) in [4.78, 5) is 27.2. The summed E-state index contributed by atoms with van der Waals surface area (Å²) in [5.41, 5.74) is 2.93. The highest BCUT2D eigenvalue weighted by Crippen LogP contribution is 2.16. The van der Waals surface area contributed by atoms with Crippen molar-refractivity contribution in [3.05, 3.63) is 70.2 Å². The number of rotatable bonds is 7. The van der Waals surface area contributed by atoms with Crippen molar-refractivity contribution in [1.82, 2.24) is 10.2 Å². The van der Waals surface area contributed by atoms with Crippen LogP contribution in [0, 0.1) is 6.92 Å². The van der Waals surface area contributed by atoms with E-state index in [2.05, 4.69) is 5.32 Å². The number of hydrogen-bond donors (Lipinski definition) is 1. The van der Waals surface area contributed by atoms with Gasteiger partial charge in [-0.25, -0.2) is 0 Å². The lowest BCUT2D eigenvalue weighted by Gasteiger charge is -2.29. The second-order valence-corrected chi connectivity index (χ2v) is 7.59. The van der Waals surface area contributed by atoms with Crippen molar-refractivity contribution in [2.24, 2.45) is 0 Å². The summed E-state index contributed by atoms with van der Waals surface area (Å²) in [6, 6.07) is 14.7. The minimum Gasteiger partial charge on any atom is -0.352 e. The molecule has 5 heteroatoms. The molecule has 0 spiro atoms. The molecule has 1 unspecified atom stereocenters. The monoisotopic (exact) mass is 386 g/mol. The van der Waals surface area contributed by atoms with Crippen molar-refractivity contribution >= 4 is 23.4 Å². The summed E-state index contributed by atoms with van der Waals surface area (Å²) >= 11 is 6.08. The molecule has 2 amide bonds. The van der Waals surface area contributed by atoms with E-state index in [9.17, 15) is 9.59 Å². The maximum atomic E-state index is 13.1. The van der Waals surface area contributed by atoms with Gasteiger partial charge in [-0.2, -0.15) is 0 Å². The third-order valence-corrected chi connectivity index (χ3v) is 4.51. The summed E-state index contributed by atoms with van der Waals surface area (Å²) in [7, 11) is 0. The first-order valence-electron chi connectivity index (χ1n) is 9.16. The SMILES string of the molecule is Cc1cccc(CC(=O)N(Cc2cccc(Cl)c2)C(C)C(=O)NC(C)C)c1. The van der Waals surface area contributed by atoms with E-state index in [1.807, 2.05) is 63.2 Å². The summed E-state index contributed by atoms with van der Waals surface area (Å²) in [6.45, 7) is 7.89. The Bertz CT molecular complexity index is 804. The molecule has 4 nitrogen and oxygen atoms in total. The van der Waals surface area contributed by atoms with E-state index in [0.29, 0.717) is 11.6 Å². The van der Waals surface area contributed by atoms with Crippen LogP contribution >= 0.6 is 11.6 Å². The molecule has 2 aromatic carbocycles. The third kappa shape index (κ3) is 6.40. The van der Waals surface area contributed by atoms with Crippen molar-refractivity contribution in [3.63, 3.8) is 0 Å². The Morgan fingerprint density at radius 3 is 2.33 bits per heavy atom. The number of amides is 2. The van der Waals surface area contributed by atoms with Gasteiger partial charge in [-0.3, -0.25) is 9.59 Å². The molecule has 0 saturated carbocycles. The van der Waals surface area contributed by atoms with Crippen LogP contribution < -0.4 is 5.32 Å². The number of benzene rings is 2. The van der Waals surface area contributed by atoms with Crippen LogP contribution in [0.5, 0.6) is 0 Å². The Morgan fingerprint density at radius 1 is 1.04 bits per heavy atom. The van der Waals surface area contributed by atoms with E-state index in [-0.39, 0.29) is 24.3 Å². The predicted octanol–water partition coefficient (Wildman–Crippen LogP) is 4.13. The standard InChI is InChI=1S/C22H27ClN2O2/c1-15(2)24-22(27)17(4)25(14-19-9-6-10-20(23)12-19)21(26)13-18-8-5-7-16(3)11-18/h5-12,15,17H,13-14H2,1-4H3,(H,24,27). The van der Waals surface area contributed by atoms with Crippen molar-refractivity contribution < 1.29 is 9.59 Å². The quantitative estimate of drug-likeness (QED) is 0.777. The van der Waals surface area contributed by atoms with Gasteiger partial charge >= 0.3 is 0 Å². The number of halogens is 1. The fourth-order valence-electron chi connectivity index (χ4n) is 2.92. The van der Waals surface area contributed by atoms with Gasteiger partial charge in [-0.1, -0.05) is 53.6 Å². The van der Waals surface area contributed by atoms with Gasteiger partial charge < -0.3 is 10.2 Å². The Labute approximate surface area is 166 Å². The van der Waals surface area contributed by atoms with Gasteiger partial charge in [0.1, 0.15) is 6.04 Å². The predicted molar refractivity (Wildman–Crippen MR) is 110 cm³/mol. The van der Waals surface area contributed by atoms with E-state index in [0.717, 1.165) is 16.7 Å². The van der Waals surface area contributed by atoms with Crippen molar-refractivity contribution in [2.75, 3.05) is 0 Å². The number of nitrogens with zero attached hydrogens (tertiary/aromatic N) is 1. The molecule has 1 atom stereocenters. The smallest absolute Gasteiger partial charge is 0.242 e. The lowest BCUT2D eigenvalue weighted by Crippen LogP contribution is -2.49. The van der Waals surface area contributed by atoms with Crippen LogP contribution in [-0.4, -0.2) is 28.8 Å². The molecule has 2 aromatic rings. The lowest BCUT2D eigenvalue weighted by atomic mass is 10.1. The van der Waals surface area contributed by atoms with Crippen LogP contribution in [0.3, 0.4) is 0 Å². The molecule has 0 aliphatic rings. The van der Waals surface area contributed by atoms with Gasteiger partial charge in [0.25, 0.3) is 0 Å². The fraction of sp³-hybridized carbons (Fsp3) is 0.364. The van der Waals surface area contributed by atoms with Gasteiger partial charge in [-0.05, 0) is 51.0 Å². The Balaban J connectivity index is 2.24. The first kappa shape index (κ1) is 21.0. The molecule has 0 radical (unpaired) electrons. The lowest BCUT2D eigenvalue weighted by molar-refractivity contribution is -0.140. The molecular weight excluding hydrogens is 360 g/mol. The molecule has 27 heavy (non-hydrogen) atoms. The zero-order valence-electron chi connectivity index (χ0n) is 16.3. The fourth-order valence-corrected chi connectivity index (χ4v) is 3.13. The van der Waals surface area contributed by atoms with E-state index in [1.165, 1.54) is 0 Å². The van der Waals surface area contributed by atoms with Gasteiger partial charge in [0.15, 0.2) is 0 Å². The van der Waals surface area contributed by atoms with E-state index >= 15 is 0 Å². The molecule has 0 aliphatic carbocycles. The number of hydrogen-bond acceptors (Lipinski definition) is 2. The molecule has 0 heterocycles. The Morgan fingerprint density at radius 2 is 1.70 bits per heavy atom. The second kappa shape index (κ2) is 9.56. The van der Waals surface area contributed by atoms with Gasteiger partial charge in [0.2, 0.25) is 11.8 Å². The first-order chi connectivity index (χ1) is 12.8. The van der Waals surface area contributed by atoms with Gasteiger partial charge in [0.05, 0.1) is 6.42 Å². The number of aryl methyl sites for hydroxylation is 1. The molecule has 0 fully saturated rings. The zero-order chi connectivity index (χ0) is 20.0. The topological polar surface area (TPSA) is 49.4 Å². The zero-order valence-corrected chi connectivity index (χ0v) is 17.1. The number of carbonyl (C=O) groups excluding carboxylic acids is 2. The molecule has 0 bridgehead atoms. The van der Waals surface area contributed by atoms with Crippen LogP contribution in [0.1, 0.15) is 37.5 Å². The summed E-state index contributed by atoms with van der Waals surface area (Å²) in [5.74, 6) is -0.253. The van der Waals surface area contributed by atoms with Crippen molar-refractivity contribution in [3.8, 4) is 0 Å². The molecule has 0 aromatic heterocycles. The van der Waals surface area contributed by atoms with Crippen LogP contribution in [0.15, 0.2) is 48.5 Å². The third-order valence-electron chi connectivity index (χ3n) is 4.28. The molecule has 0 saturated heterocycles. The molecular formula is C22H27ClN2O2. The molecule has 2 rings (SSSR count). The van der Waals surface area contributed by atoms with Crippen molar-refractivity contribution in [1.29, 1.82) is 0 Å². The summed E-state index contributed by atoms with van der Waals surface area (Å²) < 4.78 is 0. The average Bonchev–Trinajstić information content (AvgIpc) is 2.58. The highest BCUT2D eigenvalue weighted by Gasteiger charge is 2.26. The van der Waals surface area contributed by atoms with Gasteiger partial charge in [-0.15, -0.1) is 0 Å². The van der Waals surface area contributed by atoms with Crippen LogP contribution in [0.2, 0.25) is 5.02 Å². The minimum atomic E-state index is -0.580. The highest BCUT2D eigenvalue weighted by atomic mass is 35.5. The van der Waals surface area contributed by atoms with E-state index < -0.39 is 6.04 Å². The van der Waals surface area contributed by atoms with Crippen LogP contribution in [-0.2, 0) is 22.6 Å². The number of nitrogens with one attached hydrogen (secondary N) is 1. The summed E-state index contributed by atoms with van der Waals surface area (Å²) in [6.07, 6.45) is 0.252. The normalized spacial score (nSPS) is 11.9. The molecule has 1 N–H and O–H groups in total. The second-order valence-electron chi connectivity index (χ2n) is 7.16. The van der Waals surface area contributed by atoms with Gasteiger partial charge in [0, 0.05) is 17.6 Å². The van der Waals surface area contributed by atoms with Crippen LogP contribution in [0.4, 0.5) is 0 Å². The maximum absolute atomic E-state index is 13.1. The highest BCUT2D eigenvalue weighted by molar-refractivity contribution is 6.30. The minimum absolute atomic E-state index is 0.0137. The van der Waals surface area contributed by atoms with E-state index in [4.69, 9.17) is 11.6 Å². The Hall–Kier alpha value is -2.33. The van der Waals surface area contributed by atoms with Crippen LogP contribution in [0.25, 0.3) is 0 Å². The molecule has 0 aliphatic heterocycles. The maximum Gasteiger partial charge on any atom is 0.242 e. The van der Waals surface area contributed by atoms with E-state index in [1.54, 1.807) is 17.9 Å². The summed E-state index contributed by atoms with van der Waals surface area (Å²) in [5, 5.41) is 3.50. The average molecular weight is 387 g/mol.